The van der Waals surface area contributed by atoms with Crippen molar-refractivity contribution in [3.8, 4) is 11.4 Å². The highest BCUT2D eigenvalue weighted by molar-refractivity contribution is 9.10. The fourth-order valence-electron chi connectivity index (χ4n) is 1.81. The average molecular weight is 330 g/mol. The van der Waals surface area contributed by atoms with E-state index in [-0.39, 0.29) is 0 Å². The lowest BCUT2D eigenvalue weighted by atomic mass is 10.2. The molecule has 1 aromatic heterocycles. The van der Waals surface area contributed by atoms with E-state index in [1.807, 2.05) is 54.6 Å². The molecule has 0 aliphatic rings. The van der Waals surface area contributed by atoms with Gasteiger partial charge in [-0.3, -0.25) is 0 Å². The molecule has 2 aromatic carbocycles. The van der Waals surface area contributed by atoms with Crippen molar-refractivity contribution in [3.05, 3.63) is 65.0 Å². The van der Waals surface area contributed by atoms with Crippen molar-refractivity contribution >= 4 is 21.6 Å². The van der Waals surface area contributed by atoms with E-state index in [9.17, 15) is 0 Å². The predicted octanol–water partition coefficient (Wildman–Crippen LogP) is 4.11. The van der Waals surface area contributed by atoms with Gasteiger partial charge in [0.15, 0.2) is 0 Å². The normalized spacial score (nSPS) is 10.4. The molecule has 1 heterocycles. The number of rotatable bonds is 4. The standard InChI is InChI=1S/C15H12BrN3O/c16-13-9-5-4-8-12(13)15-18-14(20-19-15)10-17-11-6-2-1-3-7-11/h1-9,17H,10H2. The van der Waals surface area contributed by atoms with Crippen molar-refractivity contribution in [2.24, 2.45) is 0 Å². The minimum Gasteiger partial charge on any atom is -0.376 e. The number of halogens is 1. The van der Waals surface area contributed by atoms with E-state index < -0.39 is 0 Å². The second kappa shape index (κ2) is 5.88. The Kier molecular flexibility index (Phi) is 3.78. The molecule has 0 aliphatic carbocycles. The van der Waals surface area contributed by atoms with Crippen molar-refractivity contribution in [1.82, 2.24) is 10.1 Å². The third-order valence-corrected chi connectivity index (χ3v) is 3.49. The molecule has 0 saturated heterocycles. The predicted molar refractivity (Wildman–Crippen MR) is 81.2 cm³/mol. The summed E-state index contributed by atoms with van der Waals surface area (Å²) in [4.78, 5) is 4.39. The first-order valence-electron chi connectivity index (χ1n) is 6.19. The monoisotopic (exact) mass is 329 g/mol. The van der Waals surface area contributed by atoms with Crippen LogP contribution in [0.3, 0.4) is 0 Å². The third kappa shape index (κ3) is 2.88. The number of benzene rings is 2. The van der Waals surface area contributed by atoms with E-state index in [4.69, 9.17) is 4.52 Å². The van der Waals surface area contributed by atoms with E-state index in [1.165, 1.54) is 0 Å². The Balaban J connectivity index is 1.73. The van der Waals surface area contributed by atoms with E-state index in [1.54, 1.807) is 0 Å². The lowest BCUT2D eigenvalue weighted by molar-refractivity contribution is 0.384. The first-order chi connectivity index (χ1) is 9.83. The average Bonchev–Trinajstić information content (AvgIpc) is 2.95. The summed E-state index contributed by atoms with van der Waals surface area (Å²) in [6, 6.07) is 17.7. The lowest BCUT2D eigenvalue weighted by Gasteiger charge is -2.01. The Bertz CT molecular complexity index is 697. The number of aromatic nitrogens is 2. The van der Waals surface area contributed by atoms with Gasteiger partial charge in [0, 0.05) is 15.7 Å². The number of nitrogens with zero attached hydrogens (tertiary/aromatic N) is 2. The van der Waals surface area contributed by atoms with E-state index >= 15 is 0 Å². The molecule has 0 saturated carbocycles. The molecule has 3 rings (SSSR count). The summed E-state index contributed by atoms with van der Waals surface area (Å²) in [5, 5.41) is 7.24. The zero-order valence-corrected chi connectivity index (χ0v) is 12.2. The smallest absolute Gasteiger partial charge is 0.246 e. The van der Waals surface area contributed by atoms with E-state index in [0.29, 0.717) is 18.3 Å². The molecular weight excluding hydrogens is 318 g/mol. The molecule has 0 bridgehead atoms. The summed E-state index contributed by atoms with van der Waals surface area (Å²) in [6.45, 7) is 0.501. The highest BCUT2D eigenvalue weighted by atomic mass is 79.9. The molecule has 1 N–H and O–H groups in total. The quantitative estimate of drug-likeness (QED) is 0.782. The molecule has 0 radical (unpaired) electrons. The molecular formula is C15H12BrN3O. The molecule has 0 amide bonds. The molecule has 3 aromatic rings. The topological polar surface area (TPSA) is 51.0 Å². The largest absolute Gasteiger partial charge is 0.376 e. The fourth-order valence-corrected chi connectivity index (χ4v) is 2.27. The number of para-hydroxylation sites is 1. The number of hydrogen-bond acceptors (Lipinski definition) is 4. The molecule has 0 atom stereocenters. The van der Waals surface area contributed by atoms with Gasteiger partial charge in [0.05, 0.1) is 6.54 Å². The second-order valence-electron chi connectivity index (χ2n) is 4.21. The maximum Gasteiger partial charge on any atom is 0.246 e. The van der Waals surface area contributed by atoms with Gasteiger partial charge in [-0.1, -0.05) is 51.4 Å². The van der Waals surface area contributed by atoms with Crippen molar-refractivity contribution in [2.75, 3.05) is 5.32 Å². The molecule has 0 unspecified atom stereocenters. The molecule has 5 heteroatoms. The third-order valence-electron chi connectivity index (χ3n) is 2.80. The molecule has 20 heavy (non-hydrogen) atoms. The SMILES string of the molecule is Brc1ccccc1-c1noc(CNc2ccccc2)n1. The number of nitrogens with one attached hydrogen (secondary N) is 1. The van der Waals surface area contributed by atoms with Crippen LogP contribution in [0, 0.1) is 0 Å². The van der Waals surface area contributed by atoms with Gasteiger partial charge in [-0.2, -0.15) is 4.98 Å². The Hall–Kier alpha value is -2.14. The van der Waals surface area contributed by atoms with Crippen molar-refractivity contribution in [3.63, 3.8) is 0 Å². The first kappa shape index (κ1) is 12.9. The lowest BCUT2D eigenvalue weighted by Crippen LogP contribution is -1.99. The van der Waals surface area contributed by atoms with Crippen LogP contribution in [0.15, 0.2) is 63.6 Å². The molecule has 0 spiro atoms. The van der Waals surface area contributed by atoms with E-state index in [0.717, 1.165) is 15.7 Å². The van der Waals surface area contributed by atoms with Gasteiger partial charge in [0.1, 0.15) is 0 Å². The summed E-state index contributed by atoms with van der Waals surface area (Å²) in [5.74, 6) is 1.14. The van der Waals surface area contributed by atoms with Crippen molar-refractivity contribution in [1.29, 1.82) is 0 Å². The van der Waals surface area contributed by atoms with Crippen molar-refractivity contribution in [2.45, 2.75) is 6.54 Å². The maximum atomic E-state index is 5.25. The maximum absolute atomic E-state index is 5.25. The minimum atomic E-state index is 0.501. The zero-order valence-electron chi connectivity index (χ0n) is 10.6. The Labute approximate surface area is 125 Å². The summed E-state index contributed by atoms with van der Waals surface area (Å²) < 4.78 is 6.20. The summed E-state index contributed by atoms with van der Waals surface area (Å²) in [7, 11) is 0. The van der Waals surface area contributed by atoms with Gasteiger partial charge in [-0.25, -0.2) is 0 Å². The first-order valence-corrected chi connectivity index (χ1v) is 6.98. The van der Waals surface area contributed by atoms with Crippen molar-refractivity contribution < 1.29 is 4.52 Å². The van der Waals surface area contributed by atoms with Crippen LogP contribution in [-0.4, -0.2) is 10.1 Å². The fraction of sp³-hybridized carbons (Fsp3) is 0.0667. The molecule has 0 fully saturated rings. The molecule has 100 valence electrons. The van der Waals surface area contributed by atoms with Crippen LogP contribution in [0.2, 0.25) is 0 Å². The Morgan fingerprint density at radius 2 is 1.75 bits per heavy atom. The molecule has 0 aliphatic heterocycles. The van der Waals surface area contributed by atoms with Crippen LogP contribution in [0.1, 0.15) is 5.89 Å². The number of hydrogen-bond donors (Lipinski definition) is 1. The van der Waals surface area contributed by atoms with Gasteiger partial charge < -0.3 is 9.84 Å². The molecule has 4 nitrogen and oxygen atoms in total. The zero-order chi connectivity index (χ0) is 13.8. The summed E-state index contributed by atoms with van der Waals surface area (Å²) in [6.07, 6.45) is 0. The van der Waals surface area contributed by atoms with Crippen LogP contribution in [0.5, 0.6) is 0 Å². The van der Waals surface area contributed by atoms with Crippen LogP contribution < -0.4 is 5.32 Å². The summed E-state index contributed by atoms with van der Waals surface area (Å²) in [5.41, 5.74) is 1.94. The van der Waals surface area contributed by atoms with Gasteiger partial charge in [0.2, 0.25) is 11.7 Å². The van der Waals surface area contributed by atoms with Crippen LogP contribution >= 0.6 is 15.9 Å². The van der Waals surface area contributed by atoms with Crippen LogP contribution in [-0.2, 0) is 6.54 Å². The van der Waals surface area contributed by atoms with Gasteiger partial charge >= 0.3 is 0 Å². The Morgan fingerprint density at radius 1 is 1.00 bits per heavy atom. The number of anilines is 1. The van der Waals surface area contributed by atoms with Gasteiger partial charge in [-0.15, -0.1) is 0 Å². The van der Waals surface area contributed by atoms with Gasteiger partial charge in [-0.05, 0) is 24.3 Å². The highest BCUT2D eigenvalue weighted by Crippen LogP contribution is 2.25. The van der Waals surface area contributed by atoms with E-state index in [2.05, 4.69) is 31.4 Å². The van der Waals surface area contributed by atoms with Crippen LogP contribution in [0.4, 0.5) is 5.69 Å². The second-order valence-corrected chi connectivity index (χ2v) is 5.07. The Morgan fingerprint density at radius 3 is 2.55 bits per heavy atom. The highest BCUT2D eigenvalue weighted by Gasteiger charge is 2.10. The van der Waals surface area contributed by atoms with Gasteiger partial charge in [0.25, 0.3) is 0 Å². The minimum absolute atomic E-state index is 0.501. The van der Waals surface area contributed by atoms with Crippen LogP contribution in [0.25, 0.3) is 11.4 Å². The summed E-state index contributed by atoms with van der Waals surface area (Å²) >= 11 is 3.48.